The Hall–Kier alpha value is 0.430. The van der Waals surface area contributed by atoms with Crippen molar-refractivity contribution in [1.29, 1.82) is 0 Å². The van der Waals surface area contributed by atoms with Crippen molar-refractivity contribution < 1.29 is 21.3 Å². The number of rotatable bonds is 4. The van der Waals surface area contributed by atoms with Crippen LogP contribution in [0.2, 0.25) is 0 Å². The van der Waals surface area contributed by atoms with Gasteiger partial charge in [0, 0.05) is 0 Å². The number of hydrogen-bond donors (Lipinski definition) is 1. The molecule has 0 radical (unpaired) electrons. The molecule has 0 saturated heterocycles. The van der Waals surface area contributed by atoms with Crippen LogP contribution in [0.4, 0.5) is 4.39 Å². The fourth-order valence-electron chi connectivity index (χ4n) is 1.14. The SMILES string of the molecule is CC(C)(C[N+](C)(C)CF)NCl.[Cl-]. The number of likely N-dealkylation sites (N-methyl/N-ethyl adjacent to an activating group) is 1. The van der Waals surface area contributed by atoms with Crippen molar-refractivity contribution in [3.8, 4) is 0 Å². The second-order valence-corrected chi connectivity index (χ2v) is 4.38. The molecule has 0 saturated carbocycles. The van der Waals surface area contributed by atoms with Gasteiger partial charge in [-0.3, -0.25) is 0 Å². The van der Waals surface area contributed by atoms with E-state index in [1.54, 1.807) is 0 Å². The summed E-state index contributed by atoms with van der Waals surface area (Å²) < 4.78 is 12.7. The van der Waals surface area contributed by atoms with E-state index in [0.29, 0.717) is 11.0 Å². The Kier molecular flexibility index (Phi) is 6.50. The predicted octanol–water partition coefficient (Wildman–Crippen LogP) is -1.48. The largest absolute Gasteiger partial charge is 1.00 e. The quantitative estimate of drug-likeness (QED) is 0.345. The molecule has 0 aliphatic heterocycles. The first-order valence-corrected chi connectivity index (χ1v) is 3.96. The lowest BCUT2D eigenvalue weighted by molar-refractivity contribution is -0.905. The number of nitrogens with zero attached hydrogens (tertiary/aromatic N) is 1. The maximum absolute atomic E-state index is 12.3. The van der Waals surface area contributed by atoms with Crippen LogP contribution in [0.25, 0.3) is 0 Å². The van der Waals surface area contributed by atoms with Crippen molar-refractivity contribution in [2.75, 3.05) is 27.4 Å². The van der Waals surface area contributed by atoms with Crippen LogP contribution in [0.3, 0.4) is 0 Å². The Morgan fingerprint density at radius 3 is 2.08 bits per heavy atom. The zero-order valence-corrected chi connectivity index (χ0v) is 9.51. The second kappa shape index (κ2) is 5.22. The van der Waals surface area contributed by atoms with Gasteiger partial charge < -0.3 is 16.9 Å². The van der Waals surface area contributed by atoms with Gasteiger partial charge in [0.2, 0.25) is 6.80 Å². The van der Waals surface area contributed by atoms with E-state index in [-0.39, 0.29) is 24.7 Å². The van der Waals surface area contributed by atoms with Gasteiger partial charge in [-0.2, -0.15) is 4.39 Å². The fraction of sp³-hybridized carbons (Fsp3) is 1.00. The van der Waals surface area contributed by atoms with Crippen LogP contribution in [-0.2, 0) is 0 Å². The molecule has 0 fully saturated rings. The summed E-state index contributed by atoms with van der Waals surface area (Å²) in [7, 11) is 3.66. The molecule has 0 aliphatic carbocycles. The van der Waals surface area contributed by atoms with Crippen molar-refractivity contribution in [3.05, 3.63) is 0 Å². The summed E-state index contributed by atoms with van der Waals surface area (Å²) in [6, 6.07) is 0. The molecule has 0 bridgehead atoms. The van der Waals surface area contributed by atoms with Crippen molar-refractivity contribution in [1.82, 2.24) is 4.84 Å². The Morgan fingerprint density at radius 1 is 1.42 bits per heavy atom. The lowest BCUT2D eigenvalue weighted by Crippen LogP contribution is -3.00. The lowest BCUT2D eigenvalue weighted by Gasteiger charge is -2.33. The predicted molar refractivity (Wildman–Crippen MR) is 46.0 cm³/mol. The average molecular weight is 219 g/mol. The number of alkyl halides is 1. The maximum atomic E-state index is 12.3. The minimum absolute atomic E-state index is 0. The van der Waals surface area contributed by atoms with Crippen LogP contribution in [-0.4, -0.2) is 37.5 Å². The van der Waals surface area contributed by atoms with Crippen LogP contribution in [0.1, 0.15) is 13.8 Å². The third-order valence-electron chi connectivity index (χ3n) is 1.40. The van der Waals surface area contributed by atoms with Gasteiger partial charge in [-0.05, 0) is 25.6 Å². The van der Waals surface area contributed by atoms with Crippen LogP contribution >= 0.6 is 11.8 Å². The van der Waals surface area contributed by atoms with Gasteiger partial charge in [0.1, 0.15) is 0 Å². The van der Waals surface area contributed by atoms with E-state index in [9.17, 15) is 4.39 Å². The summed E-state index contributed by atoms with van der Waals surface area (Å²) in [4.78, 5) is 2.62. The molecule has 0 heterocycles. The summed E-state index contributed by atoms with van der Waals surface area (Å²) in [5, 5.41) is 0. The lowest BCUT2D eigenvalue weighted by atomic mass is 10.1. The molecule has 0 aromatic heterocycles. The summed E-state index contributed by atoms with van der Waals surface area (Å²) in [6.45, 7) is 4.17. The van der Waals surface area contributed by atoms with E-state index in [1.807, 2.05) is 27.9 Å². The molecule has 0 amide bonds. The first-order valence-electron chi connectivity index (χ1n) is 3.59. The maximum Gasteiger partial charge on any atom is 0.221 e. The minimum atomic E-state index is -0.373. The topological polar surface area (TPSA) is 12.0 Å². The molecular formula is C7H17Cl2FN2. The van der Waals surface area contributed by atoms with Crippen LogP contribution in [0, 0.1) is 0 Å². The van der Waals surface area contributed by atoms with Crippen molar-refractivity contribution in [3.63, 3.8) is 0 Å². The molecule has 0 aromatic rings. The highest BCUT2D eigenvalue weighted by Crippen LogP contribution is 2.10. The molecule has 12 heavy (non-hydrogen) atoms. The number of nitrogens with one attached hydrogen (secondary N) is 1. The Morgan fingerprint density at radius 2 is 1.83 bits per heavy atom. The van der Waals surface area contributed by atoms with E-state index in [1.165, 1.54) is 0 Å². The van der Waals surface area contributed by atoms with Gasteiger partial charge in [0.05, 0.1) is 26.2 Å². The van der Waals surface area contributed by atoms with E-state index in [0.717, 1.165) is 0 Å². The Balaban J connectivity index is 0. The molecule has 0 aromatic carbocycles. The zero-order valence-electron chi connectivity index (χ0n) is 8.00. The molecule has 0 atom stereocenters. The van der Waals surface area contributed by atoms with Crippen molar-refractivity contribution in [2.45, 2.75) is 19.4 Å². The molecular weight excluding hydrogens is 202 g/mol. The summed E-state index contributed by atoms with van der Waals surface area (Å²) in [5.41, 5.74) is -0.225. The first kappa shape index (κ1) is 14.9. The zero-order chi connectivity index (χ0) is 9.12. The van der Waals surface area contributed by atoms with Crippen LogP contribution in [0.5, 0.6) is 0 Å². The highest BCUT2D eigenvalue weighted by atomic mass is 35.5. The summed E-state index contributed by atoms with van der Waals surface area (Å²) in [5.74, 6) is 0. The van der Waals surface area contributed by atoms with Crippen molar-refractivity contribution in [2.24, 2.45) is 0 Å². The Bertz CT molecular complexity index is 115. The van der Waals surface area contributed by atoms with Crippen LogP contribution < -0.4 is 17.2 Å². The molecule has 5 heteroatoms. The molecule has 0 unspecified atom stereocenters. The highest BCUT2D eigenvalue weighted by molar-refractivity contribution is 6.13. The first-order chi connectivity index (χ1) is 4.83. The third kappa shape index (κ3) is 6.00. The average Bonchev–Trinajstić information content (AvgIpc) is 1.86. The third-order valence-corrected chi connectivity index (χ3v) is 1.91. The monoisotopic (exact) mass is 218 g/mol. The number of quaternary nitrogens is 1. The molecule has 2 nitrogen and oxygen atoms in total. The van der Waals surface area contributed by atoms with Crippen LogP contribution in [0.15, 0.2) is 0 Å². The highest BCUT2D eigenvalue weighted by Gasteiger charge is 2.27. The molecule has 1 N–H and O–H groups in total. The number of halogens is 3. The van der Waals surface area contributed by atoms with Gasteiger partial charge in [-0.15, -0.1) is 0 Å². The summed E-state index contributed by atoms with van der Waals surface area (Å²) in [6.07, 6.45) is 0. The van der Waals surface area contributed by atoms with Gasteiger partial charge >= 0.3 is 0 Å². The van der Waals surface area contributed by atoms with Crippen molar-refractivity contribution >= 4 is 11.8 Å². The molecule has 0 rings (SSSR count). The van der Waals surface area contributed by atoms with E-state index < -0.39 is 0 Å². The van der Waals surface area contributed by atoms with Gasteiger partial charge in [0.25, 0.3) is 0 Å². The molecule has 0 spiro atoms. The standard InChI is InChI=1S/C7H17ClFN2.ClH/c1-7(2,10-8)5-11(3,4)6-9;/h10H,5-6H2,1-4H3;1H/q+1;/p-1. The smallest absolute Gasteiger partial charge is 0.221 e. The van der Waals surface area contributed by atoms with Gasteiger partial charge in [-0.1, -0.05) is 0 Å². The van der Waals surface area contributed by atoms with Gasteiger partial charge in [0.15, 0.2) is 0 Å². The van der Waals surface area contributed by atoms with E-state index in [4.69, 9.17) is 11.8 Å². The summed E-state index contributed by atoms with van der Waals surface area (Å²) >= 11 is 5.47. The second-order valence-electron chi connectivity index (χ2n) is 4.19. The normalized spacial score (nSPS) is 12.5. The molecule has 0 aliphatic rings. The molecule has 76 valence electrons. The van der Waals surface area contributed by atoms with E-state index in [2.05, 4.69) is 4.84 Å². The Labute approximate surface area is 85.2 Å². The minimum Gasteiger partial charge on any atom is -1.00 e. The number of hydrogen-bond acceptors (Lipinski definition) is 1. The van der Waals surface area contributed by atoms with Gasteiger partial charge in [-0.25, -0.2) is 4.84 Å². The van der Waals surface area contributed by atoms with E-state index >= 15 is 0 Å². The fourth-order valence-corrected chi connectivity index (χ4v) is 1.20.